The first-order valence-corrected chi connectivity index (χ1v) is 8.33. The molecule has 5 nitrogen and oxygen atoms in total. The van der Waals surface area contributed by atoms with Crippen LogP contribution in [0.3, 0.4) is 0 Å². The number of nitriles is 1. The molecule has 6 heteroatoms. The number of hydrogen-bond donors (Lipinski definition) is 1. The van der Waals surface area contributed by atoms with E-state index in [1.807, 2.05) is 30.3 Å². The maximum absolute atomic E-state index is 9.58. The van der Waals surface area contributed by atoms with Gasteiger partial charge in [-0.05, 0) is 18.4 Å². The smallest absolute Gasteiger partial charge is 0.157 e. The number of nitrogens with one attached hydrogen (secondary N) is 1. The van der Waals surface area contributed by atoms with Gasteiger partial charge in [-0.2, -0.15) is 5.26 Å². The molecule has 0 bridgehead atoms. The van der Waals surface area contributed by atoms with Crippen molar-refractivity contribution in [2.45, 2.75) is 44.7 Å². The highest BCUT2D eigenvalue weighted by Crippen LogP contribution is 2.20. The fourth-order valence-corrected chi connectivity index (χ4v) is 3.07. The number of benzene rings is 1. The lowest BCUT2D eigenvalue weighted by atomic mass is 10.1. The van der Waals surface area contributed by atoms with Gasteiger partial charge < -0.3 is 9.88 Å². The summed E-state index contributed by atoms with van der Waals surface area (Å²) in [7, 11) is 0. The summed E-state index contributed by atoms with van der Waals surface area (Å²) >= 11 is 5.45. The molecule has 1 unspecified atom stereocenters. The number of nitrogens with zero attached hydrogens (tertiary/aromatic N) is 4. The summed E-state index contributed by atoms with van der Waals surface area (Å²) < 4.78 is 2.08. The standard InChI is InChI=1S/C17H19N5S/c18-11-14(17(23)19-12-13-7-3-1-4-8-13)16-21-20-15-9-5-2-6-10-22(15)16/h1,3-4,7-8,14H,2,5-6,9-10,12H2,(H,19,23). The zero-order valence-electron chi connectivity index (χ0n) is 12.9. The molecule has 0 saturated heterocycles. The number of rotatable bonds is 4. The van der Waals surface area contributed by atoms with Crippen molar-refractivity contribution in [3.05, 3.63) is 47.5 Å². The average Bonchev–Trinajstić information content (AvgIpc) is 2.83. The first kappa shape index (κ1) is 15.6. The SMILES string of the molecule is N#CC(C(=S)NCc1ccccc1)c1nnc2n1CCCCC2. The maximum Gasteiger partial charge on any atom is 0.157 e. The fourth-order valence-electron chi connectivity index (χ4n) is 2.84. The van der Waals surface area contributed by atoms with Crippen molar-refractivity contribution in [1.29, 1.82) is 5.26 Å². The van der Waals surface area contributed by atoms with Gasteiger partial charge in [-0.25, -0.2) is 0 Å². The lowest BCUT2D eigenvalue weighted by Gasteiger charge is -2.14. The molecule has 118 valence electrons. The van der Waals surface area contributed by atoms with Crippen molar-refractivity contribution in [3.8, 4) is 6.07 Å². The van der Waals surface area contributed by atoms with Crippen LogP contribution in [-0.4, -0.2) is 19.8 Å². The van der Waals surface area contributed by atoms with Crippen molar-refractivity contribution in [2.24, 2.45) is 0 Å². The molecule has 3 rings (SSSR count). The molecule has 0 spiro atoms. The van der Waals surface area contributed by atoms with Gasteiger partial charge >= 0.3 is 0 Å². The monoisotopic (exact) mass is 325 g/mol. The van der Waals surface area contributed by atoms with Gasteiger partial charge in [0.1, 0.15) is 10.8 Å². The van der Waals surface area contributed by atoms with Gasteiger partial charge in [0.25, 0.3) is 0 Å². The Bertz CT molecular complexity index is 716. The Hall–Kier alpha value is -2.26. The average molecular weight is 325 g/mol. The van der Waals surface area contributed by atoms with Crippen molar-refractivity contribution in [2.75, 3.05) is 0 Å². The summed E-state index contributed by atoms with van der Waals surface area (Å²) in [4.78, 5) is 0.510. The highest BCUT2D eigenvalue weighted by atomic mass is 32.1. The molecular formula is C17H19N5S. The van der Waals surface area contributed by atoms with Crippen LogP contribution in [0.15, 0.2) is 30.3 Å². The number of fused-ring (bicyclic) bond motifs is 1. The summed E-state index contributed by atoms with van der Waals surface area (Å²) in [6, 6.07) is 12.3. The fraction of sp³-hybridized carbons (Fsp3) is 0.412. The van der Waals surface area contributed by atoms with Crippen LogP contribution in [0, 0.1) is 11.3 Å². The zero-order valence-corrected chi connectivity index (χ0v) is 13.7. The van der Waals surface area contributed by atoms with E-state index in [0.29, 0.717) is 17.4 Å². The summed E-state index contributed by atoms with van der Waals surface area (Å²) in [5.41, 5.74) is 1.13. The molecule has 1 aromatic carbocycles. The molecule has 1 aromatic heterocycles. The van der Waals surface area contributed by atoms with Crippen LogP contribution in [0.25, 0.3) is 0 Å². The van der Waals surface area contributed by atoms with Crippen LogP contribution in [0.1, 0.15) is 42.4 Å². The molecule has 0 saturated carbocycles. The number of thiocarbonyl (C=S) groups is 1. The topological polar surface area (TPSA) is 66.5 Å². The molecule has 0 amide bonds. The second kappa shape index (κ2) is 7.34. The van der Waals surface area contributed by atoms with Crippen LogP contribution in [0.4, 0.5) is 0 Å². The Morgan fingerprint density at radius 2 is 2.09 bits per heavy atom. The summed E-state index contributed by atoms with van der Waals surface area (Å²) in [5.74, 6) is 1.10. The predicted octanol–water partition coefficient (Wildman–Crippen LogP) is 2.73. The molecule has 1 aliphatic heterocycles. The van der Waals surface area contributed by atoms with E-state index in [2.05, 4.69) is 26.2 Å². The lowest BCUT2D eigenvalue weighted by Crippen LogP contribution is -2.28. The van der Waals surface area contributed by atoms with E-state index in [1.165, 1.54) is 6.42 Å². The normalized spacial score (nSPS) is 15.1. The second-order valence-electron chi connectivity index (χ2n) is 5.70. The van der Waals surface area contributed by atoms with E-state index in [-0.39, 0.29) is 0 Å². The third-order valence-electron chi connectivity index (χ3n) is 4.10. The van der Waals surface area contributed by atoms with Crippen LogP contribution in [0.2, 0.25) is 0 Å². The molecule has 0 radical (unpaired) electrons. The summed E-state index contributed by atoms with van der Waals surface area (Å²) in [6.45, 7) is 1.48. The van der Waals surface area contributed by atoms with E-state index in [9.17, 15) is 5.26 Å². The van der Waals surface area contributed by atoms with E-state index in [0.717, 1.165) is 37.2 Å². The quantitative estimate of drug-likeness (QED) is 0.876. The number of aromatic nitrogens is 3. The van der Waals surface area contributed by atoms with E-state index < -0.39 is 5.92 Å². The van der Waals surface area contributed by atoms with Gasteiger partial charge in [0.05, 0.1) is 6.07 Å². The first-order valence-electron chi connectivity index (χ1n) is 7.93. The molecule has 0 aliphatic carbocycles. The molecule has 1 atom stereocenters. The molecule has 1 N–H and O–H groups in total. The van der Waals surface area contributed by atoms with Gasteiger partial charge in [-0.15, -0.1) is 10.2 Å². The van der Waals surface area contributed by atoms with Crippen LogP contribution < -0.4 is 5.32 Å². The van der Waals surface area contributed by atoms with Crippen molar-refractivity contribution >= 4 is 17.2 Å². The van der Waals surface area contributed by atoms with Crippen LogP contribution in [-0.2, 0) is 19.5 Å². The molecular weight excluding hydrogens is 306 g/mol. The molecule has 2 aromatic rings. The Labute approximate surface area is 141 Å². The van der Waals surface area contributed by atoms with Crippen molar-refractivity contribution < 1.29 is 0 Å². The third kappa shape index (κ3) is 3.57. The third-order valence-corrected chi connectivity index (χ3v) is 4.48. The minimum Gasteiger partial charge on any atom is -0.374 e. The second-order valence-corrected chi connectivity index (χ2v) is 6.14. The van der Waals surface area contributed by atoms with E-state index in [1.54, 1.807) is 0 Å². The van der Waals surface area contributed by atoms with Gasteiger partial charge in [0.2, 0.25) is 0 Å². The largest absolute Gasteiger partial charge is 0.374 e. The molecule has 0 fully saturated rings. The molecule has 1 aliphatic rings. The summed E-state index contributed by atoms with van der Waals surface area (Å²) in [5, 5.41) is 21.3. The Kier molecular flexibility index (Phi) is 4.99. The Morgan fingerprint density at radius 3 is 2.87 bits per heavy atom. The zero-order chi connectivity index (χ0) is 16.1. The molecule has 2 heterocycles. The maximum atomic E-state index is 9.58. The van der Waals surface area contributed by atoms with Gasteiger partial charge in [0.15, 0.2) is 11.7 Å². The van der Waals surface area contributed by atoms with Crippen molar-refractivity contribution in [3.63, 3.8) is 0 Å². The van der Waals surface area contributed by atoms with Crippen molar-refractivity contribution in [1.82, 2.24) is 20.1 Å². The number of hydrogen-bond acceptors (Lipinski definition) is 4. The lowest BCUT2D eigenvalue weighted by molar-refractivity contribution is 0.608. The Balaban J connectivity index is 1.74. The Morgan fingerprint density at radius 1 is 1.26 bits per heavy atom. The van der Waals surface area contributed by atoms with Crippen LogP contribution in [0.5, 0.6) is 0 Å². The summed E-state index contributed by atoms with van der Waals surface area (Å²) in [6.07, 6.45) is 4.35. The van der Waals surface area contributed by atoms with Gasteiger partial charge in [-0.3, -0.25) is 0 Å². The minimum absolute atomic E-state index is 0.510. The predicted molar refractivity (Wildman–Crippen MR) is 91.8 cm³/mol. The van der Waals surface area contributed by atoms with Gasteiger partial charge in [0, 0.05) is 19.5 Å². The molecule has 23 heavy (non-hydrogen) atoms. The van der Waals surface area contributed by atoms with E-state index >= 15 is 0 Å². The highest BCUT2D eigenvalue weighted by molar-refractivity contribution is 7.80. The van der Waals surface area contributed by atoms with Crippen LogP contribution >= 0.6 is 12.2 Å². The minimum atomic E-state index is -0.548. The van der Waals surface area contributed by atoms with E-state index in [4.69, 9.17) is 12.2 Å². The highest BCUT2D eigenvalue weighted by Gasteiger charge is 2.25. The first-order chi connectivity index (χ1) is 11.3. The number of aryl methyl sites for hydroxylation is 1. The van der Waals surface area contributed by atoms with Gasteiger partial charge in [-0.1, -0.05) is 49.0 Å².